The van der Waals surface area contributed by atoms with Crippen LogP contribution in [0, 0.1) is 0 Å². The number of anilines is 1. The zero-order valence-corrected chi connectivity index (χ0v) is 18.7. The molecular weight excluding hydrogens is 433 g/mol. The molecule has 0 radical (unpaired) electrons. The van der Waals surface area contributed by atoms with Crippen molar-refractivity contribution in [2.24, 2.45) is 0 Å². The molecule has 0 spiro atoms. The van der Waals surface area contributed by atoms with E-state index in [0.29, 0.717) is 18.9 Å². The van der Waals surface area contributed by atoms with Crippen LogP contribution in [0.5, 0.6) is 0 Å². The number of nitrogens with zero attached hydrogens (tertiary/aromatic N) is 2. The van der Waals surface area contributed by atoms with Gasteiger partial charge < -0.3 is 0 Å². The van der Waals surface area contributed by atoms with E-state index in [1.165, 1.54) is 0 Å². The van der Waals surface area contributed by atoms with E-state index >= 15 is 0 Å². The average Bonchev–Trinajstić information content (AvgIpc) is 3.17. The van der Waals surface area contributed by atoms with Gasteiger partial charge in [-0.1, -0.05) is 0 Å². The van der Waals surface area contributed by atoms with E-state index < -0.39 is 33.4 Å². The van der Waals surface area contributed by atoms with E-state index in [-0.39, 0.29) is 5.91 Å². The molecule has 7 nitrogen and oxygen atoms in total. The van der Waals surface area contributed by atoms with Crippen molar-refractivity contribution < 1.29 is 9.90 Å². The van der Waals surface area contributed by atoms with Gasteiger partial charge in [-0.2, -0.15) is 0 Å². The summed E-state index contributed by atoms with van der Waals surface area (Å²) in [6, 6.07) is 1.99. The number of aromatic nitrogens is 2. The Labute approximate surface area is 163 Å². The molecular formula is C18H28InN5O2. The minimum atomic E-state index is -2.09. The normalized spacial score (nSPS) is 20.0. The molecule has 26 heavy (non-hydrogen) atoms. The first-order chi connectivity index (χ1) is 12.6. The number of carbonyl (C=O) groups excluding carboxylic acids is 1. The van der Waals surface area contributed by atoms with Crippen molar-refractivity contribution in [2.75, 3.05) is 18.4 Å². The fourth-order valence-corrected chi connectivity index (χ4v) is 9.03. The monoisotopic (exact) mass is 461 g/mol. The number of hydrogen-bond donors (Lipinski definition) is 4. The molecule has 1 aromatic rings. The first-order valence-electron chi connectivity index (χ1n) is 9.57. The minimum absolute atomic E-state index is 0.00532. The molecule has 0 saturated heterocycles. The Morgan fingerprint density at radius 2 is 2.23 bits per heavy atom. The molecule has 0 bridgehead atoms. The molecule has 2 heterocycles. The summed E-state index contributed by atoms with van der Waals surface area (Å²) in [7, 11) is 0. The molecule has 140 valence electrons. The summed E-state index contributed by atoms with van der Waals surface area (Å²) in [4.78, 5) is 22.0. The van der Waals surface area contributed by atoms with Crippen molar-refractivity contribution >= 4 is 37.0 Å². The zero-order valence-electron chi connectivity index (χ0n) is 15.4. The van der Waals surface area contributed by atoms with Gasteiger partial charge >= 0.3 is 163 Å². The molecule has 1 aliphatic carbocycles. The van der Waals surface area contributed by atoms with Gasteiger partial charge in [-0.25, -0.2) is 0 Å². The van der Waals surface area contributed by atoms with Crippen LogP contribution in [-0.2, 0) is 4.79 Å². The Kier molecular flexibility index (Phi) is 6.94. The van der Waals surface area contributed by atoms with Crippen LogP contribution >= 0.6 is 0 Å². The number of hydrogen-bond acceptors (Lipinski definition) is 6. The summed E-state index contributed by atoms with van der Waals surface area (Å²) >= 11 is -2.09. The van der Waals surface area contributed by atoms with Gasteiger partial charge in [0.25, 0.3) is 0 Å². The fraction of sp³-hybridized carbons (Fsp3) is 0.611. The SMILES string of the molecule is CC(O)CCNC(=O)C1(Nc2ncc[c]([In]3[CH]=CC[NH]3)n2)CCCCC1. The fourth-order valence-electron chi connectivity index (χ4n) is 3.62. The van der Waals surface area contributed by atoms with E-state index in [2.05, 4.69) is 28.8 Å². The topological polar surface area (TPSA) is 99.2 Å². The van der Waals surface area contributed by atoms with Crippen LogP contribution in [0.1, 0.15) is 45.4 Å². The second-order valence-electron chi connectivity index (χ2n) is 7.28. The van der Waals surface area contributed by atoms with E-state index in [1.807, 2.05) is 6.07 Å². The van der Waals surface area contributed by atoms with Gasteiger partial charge in [-0.15, -0.1) is 0 Å². The third kappa shape index (κ3) is 4.98. The predicted octanol–water partition coefficient (Wildman–Crippen LogP) is 0.376. The molecule has 8 heteroatoms. The summed E-state index contributed by atoms with van der Waals surface area (Å²) in [5, 5.41) is 15.8. The maximum atomic E-state index is 12.9. The number of rotatable bonds is 7. The zero-order chi connectivity index (χ0) is 18.4. The summed E-state index contributed by atoms with van der Waals surface area (Å²) in [5.41, 5.74) is -0.649. The molecule has 3 rings (SSSR count). The van der Waals surface area contributed by atoms with Crippen LogP contribution in [0.2, 0.25) is 0 Å². The molecule has 1 atom stereocenters. The van der Waals surface area contributed by atoms with Gasteiger partial charge in [0.05, 0.1) is 0 Å². The van der Waals surface area contributed by atoms with Crippen LogP contribution in [0.25, 0.3) is 0 Å². The standard InChI is InChI=1S/C15H23N4O2.C3H5N.In/c1-12(20)6-11-16-13(21)15(7-3-2-4-8-15)19-14-17-9-5-10-18-14;1-2-3-4;/h5,9,12,20H,2-4,6-8,11H2,1H3,(H,16,21)(H,17,18,19);1-2,4H,3H2;/q;-1;+1. The number of carbonyl (C=O) groups is 1. The van der Waals surface area contributed by atoms with Crippen LogP contribution in [0.15, 0.2) is 22.2 Å². The third-order valence-corrected chi connectivity index (χ3v) is 11.7. The second kappa shape index (κ2) is 9.19. The van der Waals surface area contributed by atoms with Crippen LogP contribution < -0.4 is 17.4 Å². The molecule has 1 fully saturated rings. The van der Waals surface area contributed by atoms with E-state index in [9.17, 15) is 9.90 Å². The van der Waals surface area contributed by atoms with Crippen molar-refractivity contribution in [1.82, 2.24) is 18.6 Å². The Hall–Kier alpha value is -1.12. The van der Waals surface area contributed by atoms with Crippen LogP contribution in [0.3, 0.4) is 0 Å². The van der Waals surface area contributed by atoms with Crippen molar-refractivity contribution in [3.05, 3.63) is 22.2 Å². The number of nitrogens with one attached hydrogen (secondary N) is 3. The first kappa shape index (κ1) is 19.6. The molecule has 0 aromatic carbocycles. The number of aliphatic hydroxyl groups is 1. The Morgan fingerprint density at radius 3 is 2.92 bits per heavy atom. The Balaban J connectivity index is 1.72. The molecule has 1 aliphatic heterocycles. The average molecular weight is 461 g/mol. The van der Waals surface area contributed by atoms with Crippen molar-refractivity contribution in [2.45, 2.75) is 57.1 Å². The molecule has 4 N–H and O–H groups in total. The summed E-state index contributed by atoms with van der Waals surface area (Å²) in [6.07, 6.45) is 8.86. The van der Waals surface area contributed by atoms with Gasteiger partial charge in [-0.3, -0.25) is 0 Å². The van der Waals surface area contributed by atoms with Crippen LogP contribution in [0.4, 0.5) is 5.95 Å². The molecule has 1 aromatic heterocycles. The molecule has 2 aliphatic rings. The molecule has 1 unspecified atom stereocenters. The van der Waals surface area contributed by atoms with Gasteiger partial charge in [0.2, 0.25) is 0 Å². The predicted molar refractivity (Wildman–Crippen MR) is 103 cm³/mol. The van der Waals surface area contributed by atoms with Crippen LogP contribution in [-0.4, -0.2) is 67.4 Å². The van der Waals surface area contributed by atoms with E-state index in [0.717, 1.165) is 42.1 Å². The van der Waals surface area contributed by atoms with E-state index in [4.69, 9.17) is 4.98 Å². The van der Waals surface area contributed by atoms with Gasteiger partial charge in [0.1, 0.15) is 0 Å². The Morgan fingerprint density at radius 1 is 1.42 bits per heavy atom. The first-order valence-corrected chi connectivity index (χ1v) is 14.8. The van der Waals surface area contributed by atoms with E-state index in [1.54, 1.807) is 13.1 Å². The van der Waals surface area contributed by atoms with Gasteiger partial charge in [0.15, 0.2) is 0 Å². The van der Waals surface area contributed by atoms with Gasteiger partial charge in [-0.05, 0) is 0 Å². The molecule has 1 amide bonds. The molecule has 1 saturated carbocycles. The van der Waals surface area contributed by atoms with Crippen molar-refractivity contribution in [1.29, 1.82) is 0 Å². The maximum absolute atomic E-state index is 12.9. The van der Waals surface area contributed by atoms with Crippen molar-refractivity contribution in [3.63, 3.8) is 0 Å². The van der Waals surface area contributed by atoms with Crippen molar-refractivity contribution in [3.8, 4) is 0 Å². The summed E-state index contributed by atoms with van der Waals surface area (Å²) in [5.74, 6) is 0.545. The third-order valence-electron chi connectivity index (χ3n) is 5.12. The quantitative estimate of drug-likeness (QED) is 0.469. The number of amides is 1. The van der Waals surface area contributed by atoms with Gasteiger partial charge in [0, 0.05) is 0 Å². The summed E-state index contributed by atoms with van der Waals surface area (Å²) in [6.45, 7) is 3.15. The number of aliphatic hydroxyl groups excluding tert-OH is 1. The second-order valence-corrected chi connectivity index (χ2v) is 14.0. The summed E-state index contributed by atoms with van der Waals surface area (Å²) < 4.78 is 6.96. The Bertz CT molecular complexity index is 646.